The van der Waals surface area contributed by atoms with Gasteiger partial charge in [-0.05, 0) is 27.2 Å². The second-order valence-electron chi connectivity index (χ2n) is 3.62. The molecular formula is C10H18N4. The van der Waals surface area contributed by atoms with Gasteiger partial charge in [-0.1, -0.05) is 0 Å². The van der Waals surface area contributed by atoms with E-state index in [2.05, 4.69) is 15.3 Å². The summed E-state index contributed by atoms with van der Waals surface area (Å²) in [7, 11) is 0. The second-order valence-corrected chi connectivity index (χ2v) is 3.62. The molecule has 4 heteroatoms. The molecule has 1 heterocycles. The molecule has 0 fully saturated rings. The summed E-state index contributed by atoms with van der Waals surface area (Å²) in [6, 6.07) is 0.224. The van der Waals surface area contributed by atoms with E-state index < -0.39 is 0 Å². The molecule has 0 saturated carbocycles. The Morgan fingerprint density at radius 3 is 2.71 bits per heavy atom. The van der Waals surface area contributed by atoms with Crippen LogP contribution in [0, 0.1) is 13.8 Å². The van der Waals surface area contributed by atoms with Crippen LogP contribution in [0.4, 0.5) is 5.82 Å². The molecule has 0 spiro atoms. The van der Waals surface area contributed by atoms with E-state index in [1.54, 1.807) is 6.20 Å². The van der Waals surface area contributed by atoms with Crippen LogP contribution < -0.4 is 11.1 Å². The summed E-state index contributed by atoms with van der Waals surface area (Å²) in [5, 5.41) is 3.19. The van der Waals surface area contributed by atoms with Gasteiger partial charge >= 0.3 is 0 Å². The molecular weight excluding hydrogens is 176 g/mol. The molecule has 14 heavy (non-hydrogen) atoms. The van der Waals surface area contributed by atoms with E-state index in [1.165, 1.54) is 0 Å². The van der Waals surface area contributed by atoms with Crippen molar-refractivity contribution in [3.05, 3.63) is 17.6 Å². The maximum Gasteiger partial charge on any atom is 0.144 e. The van der Waals surface area contributed by atoms with E-state index >= 15 is 0 Å². The van der Waals surface area contributed by atoms with Gasteiger partial charge in [-0.15, -0.1) is 0 Å². The largest absolute Gasteiger partial charge is 0.369 e. The predicted octanol–water partition coefficient (Wildman–Crippen LogP) is 1.24. The van der Waals surface area contributed by atoms with Crippen molar-refractivity contribution in [2.24, 2.45) is 5.73 Å². The van der Waals surface area contributed by atoms with Gasteiger partial charge in [0.05, 0.1) is 17.6 Å². The highest BCUT2D eigenvalue weighted by atomic mass is 15.0. The molecule has 1 atom stereocenters. The number of aryl methyl sites for hydroxylation is 2. The first kappa shape index (κ1) is 10.9. The Bertz CT molecular complexity index is 296. The first-order valence-electron chi connectivity index (χ1n) is 4.89. The Morgan fingerprint density at radius 2 is 2.14 bits per heavy atom. The first-order valence-corrected chi connectivity index (χ1v) is 4.89. The van der Waals surface area contributed by atoms with Crippen LogP contribution in [0.5, 0.6) is 0 Å². The van der Waals surface area contributed by atoms with Crippen molar-refractivity contribution in [1.29, 1.82) is 0 Å². The maximum absolute atomic E-state index is 5.63. The summed E-state index contributed by atoms with van der Waals surface area (Å²) < 4.78 is 0. The molecule has 78 valence electrons. The van der Waals surface area contributed by atoms with E-state index in [0.29, 0.717) is 0 Å². The Balaban J connectivity index is 2.47. The summed E-state index contributed by atoms with van der Waals surface area (Å²) in [5.74, 6) is 0.828. The molecule has 1 rings (SSSR count). The lowest BCUT2D eigenvalue weighted by Gasteiger charge is -2.08. The Morgan fingerprint density at radius 1 is 1.43 bits per heavy atom. The van der Waals surface area contributed by atoms with Crippen LogP contribution in [0.3, 0.4) is 0 Å². The molecule has 0 radical (unpaired) electrons. The van der Waals surface area contributed by atoms with Crippen molar-refractivity contribution >= 4 is 5.82 Å². The molecule has 0 saturated heterocycles. The molecule has 0 amide bonds. The zero-order valence-corrected chi connectivity index (χ0v) is 9.04. The number of rotatable bonds is 4. The molecule has 0 aromatic carbocycles. The van der Waals surface area contributed by atoms with Gasteiger partial charge in [-0.3, -0.25) is 4.98 Å². The highest BCUT2D eigenvalue weighted by molar-refractivity contribution is 5.33. The minimum Gasteiger partial charge on any atom is -0.369 e. The number of nitrogens with one attached hydrogen (secondary N) is 1. The summed E-state index contributed by atoms with van der Waals surface area (Å²) in [4.78, 5) is 8.58. The van der Waals surface area contributed by atoms with Crippen molar-refractivity contribution in [1.82, 2.24) is 9.97 Å². The summed E-state index contributed by atoms with van der Waals surface area (Å²) in [5.41, 5.74) is 7.58. The number of anilines is 1. The maximum atomic E-state index is 5.63. The summed E-state index contributed by atoms with van der Waals surface area (Å²) in [6.45, 7) is 6.75. The van der Waals surface area contributed by atoms with Gasteiger partial charge < -0.3 is 11.1 Å². The van der Waals surface area contributed by atoms with E-state index in [-0.39, 0.29) is 6.04 Å². The lowest BCUT2D eigenvalue weighted by molar-refractivity contribution is 0.689. The third-order valence-electron chi connectivity index (χ3n) is 2.10. The third-order valence-corrected chi connectivity index (χ3v) is 2.10. The zero-order chi connectivity index (χ0) is 10.6. The average Bonchev–Trinajstić information content (AvgIpc) is 2.10. The first-order chi connectivity index (χ1) is 6.59. The van der Waals surface area contributed by atoms with Crippen LogP contribution in [-0.4, -0.2) is 22.6 Å². The summed E-state index contributed by atoms with van der Waals surface area (Å²) >= 11 is 0. The average molecular weight is 194 g/mol. The van der Waals surface area contributed by atoms with Crippen molar-refractivity contribution in [2.45, 2.75) is 33.2 Å². The van der Waals surface area contributed by atoms with Crippen LogP contribution in [-0.2, 0) is 0 Å². The minimum absolute atomic E-state index is 0.224. The van der Waals surface area contributed by atoms with Gasteiger partial charge in [-0.2, -0.15) is 0 Å². The van der Waals surface area contributed by atoms with E-state index in [9.17, 15) is 0 Å². The fraction of sp³-hybridized carbons (Fsp3) is 0.600. The van der Waals surface area contributed by atoms with Gasteiger partial charge in [0.2, 0.25) is 0 Å². The van der Waals surface area contributed by atoms with Gasteiger partial charge in [0.1, 0.15) is 5.82 Å². The van der Waals surface area contributed by atoms with E-state index in [0.717, 1.165) is 30.2 Å². The van der Waals surface area contributed by atoms with Crippen molar-refractivity contribution < 1.29 is 0 Å². The molecule has 1 aromatic rings. The van der Waals surface area contributed by atoms with E-state index in [4.69, 9.17) is 5.73 Å². The molecule has 4 nitrogen and oxygen atoms in total. The van der Waals surface area contributed by atoms with Crippen LogP contribution in [0.2, 0.25) is 0 Å². The lowest BCUT2D eigenvalue weighted by atomic mass is 10.2. The van der Waals surface area contributed by atoms with Crippen LogP contribution >= 0.6 is 0 Å². The number of hydrogen-bond donors (Lipinski definition) is 2. The Hall–Kier alpha value is -1.16. The highest BCUT2D eigenvalue weighted by Gasteiger charge is 1.99. The molecule has 1 unspecified atom stereocenters. The van der Waals surface area contributed by atoms with Gasteiger partial charge in [0, 0.05) is 12.6 Å². The van der Waals surface area contributed by atoms with Crippen molar-refractivity contribution in [3.8, 4) is 0 Å². The van der Waals surface area contributed by atoms with Crippen LogP contribution in [0.15, 0.2) is 6.20 Å². The van der Waals surface area contributed by atoms with Crippen molar-refractivity contribution in [2.75, 3.05) is 11.9 Å². The van der Waals surface area contributed by atoms with Crippen molar-refractivity contribution in [3.63, 3.8) is 0 Å². The highest BCUT2D eigenvalue weighted by Crippen LogP contribution is 2.05. The number of aromatic nitrogens is 2. The molecule has 0 bridgehead atoms. The zero-order valence-electron chi connectivity index (χ0n) is 9.04. The number of nitrogens with two attached hydrogens (primary N) is 1. The molecule has 3 N–H and O–H groups in total. The fourth-order valence-electron chi connectivity index (χ4n) is 1.05. The van der Waals surface area contributed by atoms with Gasteiger partial charge in [0.25, 0.3) is 0 Å². The Kier molecular flexibility index (Phi) is 3.83. The topological polar surface area (TPSA) is 63.8 Å². The quantitative estimate of drug-likeness (QED) is 0.757. The molecule has 1 aromatic heterocycles. The standard InChI is InChI=1S/C10H18N4/c1-7(11)4-5-12-10-6-13-8(2)9(3)14-10/h6-7H,4-5,11H2,1-3H3,(H,12,14). The molecule has 0 aliphatic carbocycles. The smallest absolute Gasteiger partial charge is 0.144 e. The number of hydrogen-bond acceptors (Lipinski definition) is 4. The predicted molar refractivity (Wildman–Crippen MR) is 58.3 cm³/mol. The molecule has 0 aliphatic rings. The van der Waals surface area contributed by atoms with Gasteiger partial charge in [0.15, 0.2) is 0 Å². The minimum atomic E-state index is 0.224. The van der Waals surface area contributed by atoms with E-state index in [1.807, 2.05) is 20.8 Å². The normalized spacial score (nSPS) is 12.6. The fourth-order valence-corrected chi connectivity index (χ4v) is 1.05. The number of nitrogens with zero attached hydrogens (tertiary/aromatic N) is 2. The summed E-state index contributed by atoms with van der Waals surface area (Å²) in [6.07, 6.45) is 2.69. The van der Waals surface area contributed by atoms with Crippen LogP contribution in [0.1, 0.15) is 24.7 Å². The third kappa shape index (κ3) is 3.30. The SMILES string of the molecule is Cc1ncc(NCCC(C)N)nc1C. The lowest BCUT2D eigenvalue weighted by Crippen LogP contribution is -2.19. The molecule has 0 aliphatic heterocycles. The van der Waals surface area contributed by atoms with Gasteiger partial charge in [-0.25, -0.2) is 4.98 Å². The Labute approximate surface area is 85.0 Å². The monoisotopic (exact) mass is 194 g/mol. The second kappa shape index (κ2) is 4.91. The van der Waals surface area contributed by atoms with Crippen LogP contribution in [0.25, 0.3) is 0 Å².